The Kier molecular flexibility index (Phi) is 3.88. The van der Waals surface area contributed by atoms with Crippen LogP contribution in [0, 0.1) is 12.8 Å². The molecule has 3 rings (SSSR count). The third-order valence-electron chi connectivity index (χ3n) is 4.35. The molecule has 1 aromatic carbocycles. The van der Waals surface area contributed by atoms with Crippen LogP contribution in [-0.4, -0.2) is 33.4 Å². The van der Waals surface area contributed by atoms with E-state index >= 15 is 0 Å². The maximum absolute atomic E-state index is 5.88. The highest BCUT2D eigenvalue weighted by molar-refractivity contribution is 5.61. The SMILES string of the molecule is Cc1cc(-c2nnnn2C(C)C2CCOCC2)ccc1N. The lowest BCUT2D eigenvalue weighted by Crippen LogP contribution is -2.25. The van der Waals surface area contributed by atoms with Crippen LogP contribution in [0.2, 0.25) is 0 Å². The average molecular weight is 287 g/mol. The van der Waals surface area contributed by atoms with Gasteiger partial charge in [0.05, 0.1) is 6.04 Å². The summed E-state index contributed by atoms with van der Waals surface area (Å²) in [5.74, 6) is 1.35. The summed E-state index contributed by atoms with van der Waals surface area (Å²) in [6, 6.07) is 6.18. The molecule has 1 atom stereocenters. The molecule has 2 aromatic rings. The van der Waals surface area contributed by atoms with E-state index in [2.05, 4.69) is 22.4 Å². The smallest absolute Gasteiger partial charge is 0.182 e. The molecular weight excluding hydrogens is 266 g/mol. The van der Waals surface area contributed by atoms with Crippen molar-refractivity contribution in [1.29, 1.82) is 0 Å². The van der Waals surface area contributed by atoms with E-state index in [0.29, 0.717) is 5.92 Å². The second kappa shape index (κ2) is 5.81. The number of rotatable bonds is 3. The number of tetrazole rings is 1. The lowest BCUT2D eigenvalue weighted by atomic mass is 9.93. The lowest BCUT2D eigenvalue weighted by Gasteiger charge is -2.28. The van der Waals surface area contributed by atoms with Crippen LogP contribution in [0.15, 0.2) is 18.2 Å². The molecule has 2 N–H and O–H groups in total. The molecule has 0 spiro atoms. The quantitative estimate of drug-likeness (QED) is 0.876. The molecule has 6 nitrogen and oxygen atoms in total. The predicted molar refractivity (Wildman–Crippen MR) is 80.7 cm³/mol. The van der Waals surface area contributed by atoms with Crippen LogP contribution in [-0.2, 0) is 4.74 Å². The molecule has 0 amide bonds. The van der Waals surface area contributed by atoms with Gasteiger partial charge in [-0.05, 0) is 66.8 Å². The maximum Gasteiger partial charge on any atom is 0.182 e. The fraction of sp³-hybridized carbons (Fsp3) is 0.533. The van der Waals surface area contributed by atoms with Crippen molar-refractivity contribution in [2.24, 2.45) is 5.92 Å². The van der Waals surface area contributed by atoms with E-state index in [9.17, 15) is 0 Å². The minimum Gasteiger partial charge on any atom is -0.399 e. The van der Waals surface area contributed by atoms with Crippen molar-refractivity contribution in [1.82, 2.24) is 20.2 Å². The molecule has 2 heterocycles. The van der Waals surface area contributed by atoms with Crippen molar-refractivity contribution in [2.75, 3.05) is 18.9 Å². The largest absolute Gasteiger partial charge is 0.399 e. The van der Waals surface area contributed by atoms with Crippen LogP contribution in [0.4, 0.5) is 5.69 Å². The van der Waals surface area contributed by atoms with E-state index in [4.69, 9.17) is 10.5 Å². The molecule has 1 aliphatic rings. The van der Waals surface area contributed by atoms with Gasteiger partial charge < -0.3 is 10.5 Å². The van der Waals surface area contributed by atoms with Crippen molar-refractivity contribution < 1.29 is 4.74 Å². The molecule has 1 saturated heterocycles. The fourth-order valence-corrected chi connectivity index (χ4v) is 2.87. The Bertz CT molecular complexity index is 618. The minimum atomic E-state index is 0.261. The third-order valence-corrected chi connectivity index (χ3v) is 4.35. The molecule has 1 aliphatic heterocycles. The van der Waals surface area contributed by atoms with Crippen molar-refractivity contribution >= 4 is 5.69 Å². The van der Waals surface area contributed by atoms with Crippen molar-refractivity contribution in [3.05, 3.63) is 23.8 Å². The maximum atomic E-state index is 5.88. The monoisotopic (exact) mass is 287 g/mol. The Labute approximate surface area is 124 Å². The second-order valence-corrected chi connectivity index (χ2v) is 5.71. The van der Waals surface area contributed by atoms with Crippen molar-refractivity contribution in [3.63, 3.8) is 0 Å². The van der Waals surface area contributed by atoms with E-state index in [-0.39, 0.29) is 6.04 Å². The van der Waals surface area contributed by atoms with Gasteiger partial charge in [0.1, 0.15) is 0 Å². The number of ether oxygens (including phenoxy) is 1. The Balaban J connectivity index is 1.90. The number of hydrogen-bond acceptors (Lipinski definition) is 5. The average Bonchev–Trinajstić information content (AvgIpc) is 2.99. The highest BCUT2D eigenvalue weighted by atomic mass is 16.5. The van der Waals surface area contributed by atoms with Gasteiger partial charge in [0.2, 0.25) is 0 Å². The summed E-state index contributed by atoms with van der Waals surface area (Å²) in [7, 11) is 0. The van der Waals surface area contributed by atoms with Crippen LogP contribution < -0.4 is 5.73 Å². The molecule has 21 heavy (non-hydrogen) atoms. The van der Waals surface area contributed by atoms with Gasteiger partial charge in [-0.2, -0.15) is 0 Å². The fourth-order valence-electron chi connectivity index (χ4n) is 2.87. The van der Waals surface area contributed by atoms with Crippen molar-refractivity contribution in [2.45, 2.75) is 32.7 Å². The number of hydrogen-bond donors (Lipinski definition) is 1. The second-order valence-electron chi connectivity index (χ2n) is 5.71. The summed E-state index contributed by atoms with van der Waals surface area (Å²) in [4.78, 5) is 0. The zero-order valence-corrected chi connectivity index (χ0v) is 12.5. The molecule has 1 unspecified atom stereocenters. The van der Waals surface area contributed by atoms with E-state index < -0.39 is 0 Å². The third kappa shape index (κ3) is 2.76. The number of aromatic nitrogens is 4. The molecule has 1 aromatic heterocycles. The predicted octanol–water partition coefficient (Wildman–Crippen LogP) is 2.22. The highest BCUT2D eigenvalue weighted by Crippen LogP contribution is 2.30. The summed E-state index contributed by atoms with van der Waals surface area (Å²) in [6.07, 6.45) is 2.11. The zero-order valence-electron chi connectivity index (χ0n) is 12.5. The van der Waals surface area contributed by atoms with Gasteiger partial charge in [-0.15, -0.1) is 5.10 Å². The topological polar surface area (TPSA) is 78.8 Å². The summed E-state index contributed by atoms with van der Waals surface area (Å²) >= 11 is 0. The van der Waals surface area contributed by atoms with Gasteiger partial charge in [0.25, 0.3) is 0 Å². The number of benzene rings is 1. The number of anilines is 1. The summed E-state index contributed by atoms with van der Waals surface area (Å²) in [5, 5.41) is 12.3. The van der Waals surface area contributed by atoms with Crippen LogP contribution in [0.25, 0.3) is 11.4 Å². The highest BCUT2D eigenvalue weighted by Gasteiger charge is 2.25. The molecular formula is C15H21N5O. The van der Waals surface area contributed by atoms with Crippen LogP contribution in [0.3, 0.4) is 0 Å². The van der Waals surface area contributed by atoms with Gasteiger partial charge >= 0.3 is 0 Å². The van der Waals surface area contributed by atoms with Crippen molar-refractivity contribution in [3.8, 4) is 11.4 Å². The molecule has 1 fully saturated rings. The van der Waals surface area contributed by atoms with Gasteiger partial charge in [0, 0.05) is 24.5 Å². The Morgan fingerprint density at radius 2 is 2.10 bits per heavy atom. The number of nitrogen functional groups attached to an aromatic ring is 1. The van der Waals surface area contributed by atoms with Crippen LogP contribution >= 0.6 is 0 Å². The van der Waals surface area contributed by atoms with Gasteiger partial charge in [-0.25, -0.2) is 4.68 Å². The number of aryl methyl sites for hydroxylation is 1. The Morgan fingerprint density at radius 3 is 2.81 bits per heavy atom. The number of nitrogens with two attached hydrogens (primary N) is 1. The van der Waals surface area contributed by atoms with Gasteiger partial charge in [-0.3, -0.25) is 0 Å². The van der Waals surface area contributed by atoms with E-state index in [1.807, 2.05) is 29.8 Å². The first-order chi connectivity index (χ1) is 10.2. The molecule has 0 aliphatic carbocycles. The zero-order chi connectivity index (χ0) is 14.8. The minimum absolute atomic E-state index is 0.261. The molecule has 112 valence electrons. The molecule has 0 saturated carbocycles. The van der Waals surface area contributed by atoms with Crippen LogP contribution in [0.1, 0.15) is 31.4 Å². The molecule has 0 bridgehead atoms. The van der Waals surface area contributed by atoms with Gasteiger partial charge in [0.15, 0.2) is 5.82 Å². The van der Waals surface area contributed by atoms with E-state index in [1.165, 1.54) is 0 Å². The molecule has 6 heteroatoms. The first-order valence-corrected chi connectivity index (χ1v) is 7.39. The van der Waals surface area contributed by atoms with Gasteiger partial charge in [-0.1, -0.05) is 0 Å². The van der Waals surface area contributed by atoms with E-state index in [1.54, 1.807) is 0 Å². The van der Waals surface area contributed by atoms with Crippen LogP contribution in [0.5, 0.6) is 0 Å². The lowest BCUT2D eigenvalue weighted by molar-refractivity contribution is 0.0495. The van der Waals surface area contributed by atoms with E-state index in [0.717, 1.165) is 48.7 Å². The Hall–Kier alpha value is -1.95. The molecule has 0 radical (unpaired) electrons. The summed E-state index contributed by atoms with van der Waals surface area (Å²) < 4.78 is 7.37. The Morgan fingerprint density at radius 1 is 1.33 bits per heavy atom. The summed E-state index contributed by atoms with van der Waals surface area (Å²) in [6.45, 7) is 5.83. The normalized spacial score (nSPS) is 17.8. The summed E-state index contributed by atoms with van der Waals surface area (Å²) in [5.41, 5.74) is 8.72. The number of nitrogens with zero attached hydrogens (tertiary/aromatic N) is 4. The first kappa shape index (κ1) is 14.0. The standard InChI is InChI=1S/C15H21N5O/c1-10-9-13(3-4-14(10)16)15-17-18-19-20(15)11(2)12-5-7-21-8-6-12/h3-4,9,11-12H,5-8,16H2,1-2H3. The first-order valence-electron chi connectivity index (χ1n) is 7.39.